The van der Waals surface area contributed by atoms with Crippen LogP contribution in [0.2, 0.25) is 0 Å². The highest BCUT2D eigenvalue weighted by molar-refractivity contribution is 5.97. The number of nitrogens with two attached hydrogens (primary N) is 1. The Kier molecular flexibility index (Phi) is 6.61. The first-order valence-corrected chi connectivity index (χ1v) is 15.6. The third-order valence-electron chi connectivity index (χ3n) is 10.5. The van der Waals surface area contributed by atoms with Gasteiger partial charge >= 0.3 is 12.2 Å². The van der Waals surface area contributed by atoms with Gasteiger partial charge in [-0.3, -0.25) is 4.90 Å². The molecule has 8 rings (SSSR count). The van der Waals surface area contributed by atoms with E-state index in [0.717, 1.165) is 38.8 Å². The van der Waals surface area contributed by atoms with E-state index in [1.54, 1.807) is 6.92 Å². The van der Waals surface area contributed by atoms with Crippen LogP contribution in [0.25, 0.3) is 22.2 Å². The molecule has 0 unspecified atom stereocenters. The van der Waals surface area contributed by atoms with Crippen molar-refractivity contribution in [2.45, 2.75) is 88.1 Å². The summed E-state index contributed by atoms with van der Waals surface area (Å²) >= 11 is 0. The van der Waals surface area contributed by atoms with Crippen molar-refractivity contribution in [1.82, 2.24) is 25.2 Å². The Balaban J connectivity index is 1.34. The number of benzene rings is 1. The minimum atomic E-state index is -5.06. The van der Waals surface area contributed by atoms with Crippen LogP contribution in [0.3, 0.4) is 0 Å². The maximum atomic E-state index is 16.8. The molecule has 2 aromatic heterocycles. The number of rotatable bonds is 4. The van der Waals surface area contributed by atoms with Crippen molar-refractivity contribution in [3.8, 4) is 23.1 Å². The summed E-state index contributed by atoms with van der Waals surface area (Å²) in [6.45, 7) is 4.51. The first-order valence-electron chi connectivity index (χ1n) is 15.6. The molecule has 2 bridgehead atoms. The van der Waals surface area contributed by atoms with Gasteiger partial charge in [-0.25, -0.2) is 18.2 Å². The zero-order valence-corrected chi connectivity index (χ0v) is 25.2. The fourth-order valence-corrected chi connectivity index (χ4v) is 8.58. The number of aromatic nitrogens is 3. The number of nitrogens with zero attached hydrogens (tertiary/aromatic N) is 5. The van der Waals surface area contributed by atoms with Gasteiger partial charge in [-0.2, -0.15) is 23.1 Å². The first-order chi connectivity index (χ1) is 21.8. The van der Waals surface area contributed by atoms with E-state index in [2.05, 4.69) is 20.2 Å². The highest BCUT2D eigenvalue weighted by Gasteiger charge is 2.50. The van der Waals surface area contributed by atoms with Crippen LogP contribution in [0.1, 0.15) is 50.2 Å². The lowest BCUT2D eigenvalue weighted by atomic mass is 9.95. The van der Waals surface area contributed by atoms with E-state index < -0.39 is 69.2 Å². The van der Waals surface area contributed by atoms with Crippen LogP contribution in [0.4, 0.5) is 37.8 Å². The molecule has 0 radical (unpaired) electrons. The number of hydrogen-bond donors (Lipinski definition) is 2. The van der Waals surface area contributed by atoms with Gasteiger partial charge in [-0.05, 0) is 57.7 Å². The van der Waals surface area contributed by atoms with Gasteiger partial charge in [0.05, 0.1) is 28.4 Å². The lowest BCUT2D eigenvalue weighted by molar-refractivity contribution is -0.137. The molecule has 246 valence electrons. The summed E-state index contributed by atoms with van der Waals surface area (Å²) < 4.78 is 102. The van der Waals surface area contributed by atoms with E-state index in [-0.39, 0.29) is 54.2 Å². The monoisotopic (exact) mass is 649 g/mol. The predicted molar refractivity (Wildman–Crippen MR) is 157 cm³/mol. The number of halogens is 6. The first kappa shape index (κ1) is 29.8. The van der Waals surface area contributed by atoms with Crippen LogP contribution < -0.4 is 25.4 Å². The average molecular weight is 650 g/mol. The molecule has 5 aliphatic heterocycles. The fourth-order valence-electron chi connectivity index (χ4n) is 8.58. The SMILES string of the molecule is Cc1cc(N)c(F)c(-c2nc3c4c(nc(OC[C@@]56CCCN5C[C@H](F)C6)nc4c2F)N2C[C@H]4CC[C@H](N4)[C@H]2[C@H](C)O3)c1C(F)(F)F. The molecule has 9 nitrogen and oxygen atoms in total. The van der Waals surface area contributed by atoms with E-state index in [1.807, 2.05) is 4.90 Å². The topological polar surface area (TPSA) is 102 Å². The minimum Gasteiger partial charge on any atom is -0.472 e. The minimum absolute atomic E-state index is 0.00137. The molecule has 46 heavy (non-hydrogen) atoms. The highest BCUT2D eigenvalue weighted by atomic mass is 19.4. The van der Waals surface area contributed by atoms with Gasteiger partial charge in [-0.15, -0.1) is 0 Å². The second-order valence-corrected chi connectivity index (χ2v) is 13.4. The Hall–Kier alpha value is -3.59. The van der Waals surface area contributed by atoms with Crippen molar-refractivity contribution in [3.05, 3.63) is 28.8 Å². The molecule has 0 aliphatic carbocycles. The number of nitrogens with one attached hydrogen (secondary N) is 1. The lowest BCUT2D eigenvalue weighted by Gasteiger charge is -2.42. The highest BCUT2D eigenvalue weighted by Crippen LogP contribution is 2.48. The number of nitrogen functional groups attached to an aromatic ring is 1. The molecular weight excluding hydrogens is 616 g/mol. The van der Waals surface area contributed by atoms with Gasteiger partial charge in [0.2, 0.25) is 5.88 Å². The Morgan fingerprint density at radius 3 is 2.74 bits per heavy atom. The maximum Gasteiger partial charge on any atom is 0.417 e. The smallest absolute Gasteiger partial charge is 0.417 e. The summed E-state index contributed by atoms with van der Waals surface area (Å²) in [5, 5.41) is 3.64. The van der Waals surface area contributed by atoms with Crippen LogP contribution in [0, 0.1) is 18.6 Å². The van der Waals surface area contributed by atoms with Gasteiger partial charge in [0, 0.05) is 31.6 Å². The van der Waals surface area contributed by atoms with Crippen molar-refractivity contribution < 1.29 is 35.8 Å². The predicted octanol–water partition coefficient (Wildman–Crippen LogP) is 4.92. The van der Waals surface area contributed by atoms with Crippen molar-refractivity contribution in [1.29, 1.82) is 0 Å². The molecule has 0 saturated carbocycles. The molecule has 0 amide bonds. The van der Waals surface area contributed by atoms with E-state index in [4.69, 9.17) is 20.2 Å². The molecule has 15 heteroatoms. The standard InChI is InChI=1S/C31H33F6N7O2/c1-13-8-17(38)22(33)19(21(13)31(35,36)37)24-23(34)25-20-27(42-29(41-25)45-12-30-6-3-7-43(30)10-15(32)9-30)44-11-16-4-5-18(39-16)26(44)14(2)46-28(20)40-24/h8,14-16,18,26,39H,3-7,9-12,38H2,1-2H3/t14-,15+,16+,18-,26+,30-/m0/s1. The zero-order chi connectivity index (χ0) is 32.3. The summed E-state index contributed by atoms with van der Waals surface area (Å²) in [6.07, 6.45) is -2.99. The fraction of sp³-hybridized carbons (Fsp3) is 0.581. The van der Waals surface area contributed by atoms with Crippen LogP contribution in [-0.4, -0.2) is 82.0 Å². The number of piperazine rings is 1. The number of aryl methyl sites for hydroxylation is 1. The average Bonchev–Trinajstić information content (AvgIpc) is 3.62. The summed E-state index contributed by atoms with van der Waals surface area (Å²) in [6, 6.07) is 0.489. The van der Waals surface area contributed by atoms with E-state index in [9.17, 15) is 17.6 Å². The molecule has 7 heterocycles. The van der Waals surface area contributed by atoms with Crippen LogP contribution in [0.15, 0.2) is 6.07 Å². The van der Waals surface area contributed by atoms with E-state index in [1.165, 1.54) is 0 Å². The summed E-state index contributed by atoms with van der Waals surface area (Å²) in [7, 11) is 0. The summed E-state index contributed by atoms with van der Waals surface area (Å²) in [5.41, 5.74) is 0.362. The summed E-state index contributed by atoms with van der Waals surface area (Å²) in [5.74, 6) is -2.68. The lowest BCUT2D eigenvalue weighted by Crippen LogP contribution is -2.62. The molecule has 3 aromatic rings. The van der Waals surface area contributed by atoms with Gasteiger partial charge in [0.15, 0.2) is 11.6 Å². The van der Waals surface area contributed by atoms with Crippen molar-refractivity contribution in [3.63, 3.8) is 0 Å². The van der Waals surface area contributed by atoms with Crippen molar-refractivity contribution in [2.24, 2.45) is 0 Å². The Morgan fingerprint density at radius 1 is 1.15 bits per heavy atom. The van der Waals surface area contributed by atoms with Crippen LogP contribution >= 0.6 is 0 Å². The molecule has 4 fully saturated rings. The number of ether oxygens (including phenoxy) is 2. The molecule has 4 saturated heterocycles. The molecule has 1 aromatic carbocycles. The van der Waals surface area contributed by atoms with E-state index >= 15 is 8.78 Å². The zero-order valence-electron chi connectivity index (χ0n) is 25.2. The Bertz CT molecular complexity index is 1760. The normalized spacial score (nSPS) is 30.3. The quantitative estimate of drug-likeness (QED) is 0.301. The molecule has 3 N–H and O–H groups in total. The number of fused-ring (bicyclic) bond motifs is 6. The third kappa shape index (κ3) is 4.40. The van der Waals surface area contributed by atoms with Gasteiger partial charge in [0.25, 0.3) is 0 Å². The number of pyridine rings is 1. The largest absolute Gasteiger partial charge is 0.472 e. The Morgan fingerprint density at radius 2 is 1.96 bits per heavy atom. The van der Waals surface area contributed by atoms with Crippen LogP contribution in [-0.2, 0) is 6.18 Å². The van der Waals surface area contributed by atoms with Crippen LogP contribution in [0.5, 0.6) is 11.9 Å². The second kappa shape index (κ2) is 10.2. The van der Waals surface area contributed by atoms with Crippen molar-refractivity contribution >= 4 is 22.4 Å². The molecule has 6 atom stereocenters. The third-order valence-corrected chi connectivity index (χ3v) is 10.5. The van der Waals surface area contributed by atoms with E-state index in [0.29, 0.717) is 19.5 Å². The molecule has 5 aliphatic rings. The molecule has 0 spiro atoms. The van der Waals surface area contributed by atoms with Crippen molar-refractivity contribution in [2.75, 3.05) is 36.9 Å². The number of hydrogen-bond acceptors (Lipinski definition) is 9. The second-order valence-electron chi connectivity index (χ2n) is 13.4. The number of anilines is 2. The summed E-state index contributed by atoms with van der Waals surface area (Å²) in [4.78, 5) is 17.4. The number of alkyl halides is 4. The van der Waals surface area contributed by atoms with Gasteiger partial charge < -0.3 is 25.4 Å². The maximum absolute atomic E-state index is 16.8. The Labute approximate surface area is 260 Å². The van der Waals surface area contributed by atoms with Gasteiger partial charge in [0.1, 0.15) is 41.3 Å². The van der Waals surface area contributed by atoms with Gasteiger partial charge in [-0.1, -0.05) is 0 Å². The molecular formula is C31H33F6N7O2.